The third-order valence-electron chi connectivity index (χ3n) is 3.30. The summed E-state index contributed by atoms with van der Waals surface area (Å²) in [6.45, 7) is 1.51. The fraction of sp³-hybridized carbons (Fsp3) is 0.357. The second-order valence-corrected chi connectivity index (χ2v) is 7.49. The number of para-hydroxylation sites is 1. The number of esters is 1. The Morgan fingerprint density at radius 3 is 2.75 bits per heavy atom. The molecular formula is C14H17N5O7S2. The van der Waals surface area contributed by atoms with Gasteiger partial charge in [-0.3, -0.25) is 19.5 Å². The lowest BCUT2D eigenvalue weighted by Gasteiger charge is -2.17. The van der Waals surface area contributed by atoms with E-state index in [9.17, 15) is 27.9 Å². The molecule has 28 heavy (non-hydrogen) atoms. The maximum absolute atomic E-state index is 11.7. The first-order valence-electron chi connectivity index (χ1n) is 7.92. The maximum atomic E-state index is 11.7. The number of nitro benzene ring substituents is 1. The van der Waals surface area contributed by atoms with Crippen LogP contribution in [0.3, 0.4) is 0 Å². The van der Waals surface area contributed by atoms with Gasteiger partial charge in [-0.1, -0.05) is 23.5 Å². The van der Waals surface area contributed by atoms with Gasteiger partial charge in [-0.25, -0.2) is 4.31 Å². The third-order valence-corrected chi connectivity index (χ3v) is 5.31. The Morgan fingerprint density at radius 1 is 1.39 bits per heavy atom. The minimum absolute atomic E-state index is 0.0129. The molecule has 0 fully saturated rings. The number of carbonyl (C=O) groups is 1. The molecule has 0 saturated carbocycles. The summed E-state index contributed by atoms with van der Waals surface area (Å²) in [7, 11) is -4.67. The summed E-state index contributed by atoms with van der Waals surface area (Å²) in [5, 5.41) is 21.3. The van der Waals surface area contributed by atoms with Gasteiger partial charge < -0.3 is 10.1 Å². The van der Waals surface area contributed by atoms with E-state index in [4.69, 9.17) is 4.74 Å². The number of hydrogen-bond acceptors (Lipinski definition) is 10. The van der Waals surface area contributed by atoms with E-state index in [2.05, 4.69) is 15.5 Å². The van der Waals surface area contributed by atoms with Crippen molar-refractivity contribution < 1.29 is 27.4 Å². The van der Waals surface area contributed by atoms with Crippen molar-refractivity contribution in [3.8, 4) is 10.6 Å². The largest absolute Gasteiger partial charge is 0.465 e. The average molecular weight is 431 g/mol. The summed E-state index contributed by atoms with van der Waals surface area (Å²) >= 11 is 0.766. The number of nitrogens with zero attached hydrogens (tertiary/aromatic N) is 4. The van der Waals surface area contributed by atoms with Gasteiger partial charge in [0.2, 0.25) is 5.13 Å². The molecule has 0 spiro atoms. The molecule has 0 radical (unpaired) electrons. The van der Waals surface area contributed by atoms with E-state index < -0.39 is 21.2 Å². The number of benzene rings is 1. The first kappa shape index (κ1) is 21.6. The number of nitrogens with one attached hydrogen (secondary N) is 1. The molecule has 2 rings (SSSR count). The van der Waals surface area contributed by atoms with Gasteiger partial charge in [-0.2, -0.15) is 8.42 Å². The molecule has 0 atom stereocenters. The van der Waals surface area contributed by atoms with E-state index in [1.165, 1.54) is 18.2 Å². The first-order valence-corrected chi connectivity index (χ1v) is 10.1. The highest BCUT2D eigenvalue weighted by Gasteiger charge is 2.25. The average Bonchev–Trinajstić information content (AvgIpc) is 3.10. The summed E-state index contributed by atoms with van der Waals surface area (Å²) in [4.78, 5) is 21.8. The molecule has 0 bridgehead atoms. The van der Waals surface area contributed by atoms with Crippen LogP contribution in [0.5, 0.6) is 0 Å². The van der Waals surface area contributed by atoms with Crippen molar-refractivity contribution in [2.24, 2.45) is 0 Å². The SMILES string of the molecule is CCOC(=O)CNCCN(c1nnc(-c2ccccc2[N+](=O)[O-])s1)S(=O)(=O)O. The lowest BCUT2D eigenvalue weighted by atomic mass is 10.2. The summed E-state index contributed by atoms with van der Waals surface area (Å²) in [6.07, 6.45) is 0. The monoisotopic (exact) mass is 431 g/mol. The molecule has 1 aromatic carbocycles. The first-order chi connectivity index (χ1) is 13.2. The number of aromatic nitrogens is 2. The number of carbonyl (C=O) groups excluding carboxylic acids is 1. The number of hydrogen-bond donors (Lipinski definition) is 2. The summed E-state index contributed by atoms with van der Waals surface area (Å²) in [5.41, 5.74) is -0.0355. The van der Waals surface area contributed by atoms with Crippen molar-refractivity contribution in [1.82, 2.24) is 15.5 Å². The molecule has 2 N–H and O–H groups in total. The maximum Gasteiger partial charge on any atom is 0.361 e. The van der Waals surface area contributed by atoms with Crippen LogP contribution in [0.4, 0.5) is 10.8 Å². The zero-order chi connectivity index (χ0) is 20.7. The van der Waals surface area contributed by atoms with Crippen LogP contribution in [0.15, 0.2) is 24.3 Å². The topological polar surface area (TPSA) is 165 Å². The second-order valence-electron chi connectivity index (χ2n) is 5.20. The highest BCUT2D eigenvalue weighted by molar-refractivity contribution is 7.87. The third kappa shape index (κ3) is 5.66. The number of nitro groups is 1. The van der Waals surface area contributed by atoms with Gasteiger partial charge in [0, 0.05) is 12.6 Å². The number of ether oxygens (including phenoxy) is 1. The van der Waals surface area contributed by atoms with E-state index in [1.54, 1.807) is 13.0 Å². The molecule has 152 valence electrons. The Hall–Kier alpha value is -2.68. The molecule has 1 aromatic heterocycles. The quantitative estimate of drug-likeness (QED) is 0.181. The molecule has 0 aliphatic rings. The van der Waals surface area contributed by atoms with Crippen molar-refractivity contribution in [2.45, 2.75) is 6.92 Å². The highest BCUT2D eigenvalue weighted by atomic mass is 32.2. The van der Waals surface area contributed by atoms with E-state index in [0.29, 0.717) is 4.31 Å². The van der Waals surface area contributed by atoms with Gasteiger partial charge in [0.1, 0.15) is 0 Å². The van der Waals surface area contributed by atoms with Crippen molar-refractivity contribution in [3.63, 3.8) is 0 Å². The summed E-state index contributed by atoms with van der Waals surface area (Å²) < 4.78 is 38.1. The van der Waals surface area contributed by atoms with Crippen LogP contribution in [0.25, 0.3) is 10.6 Å². The lowest BCUT2D eigenvalue weighted by molar-refractivity contribution is -0.384. The van der Waals surface area contributed by atoms with Gasteiger partial charge in [-0.05, 0) is 13.0 Å². The minimum Gasteiger partial charge on any atom is -0.465 e. The van der Waals surface area contributed by atoms with Crippen molar-refractivity contribution >= 4 is 38.4 Å². The Morgan fingerprint density at radius 2 is 2.11 bits per heavy atom. The molecule has 0 saturated heterocycles. The van der Waals surface area contributed by atoms with Gasteiger partial charge >= 0.3 is 16.3 Å². The molecule has 0 amide bonds. The molecular weight excluding hydrogens is 414 g/mol. The van der Waals surface area contributed by atoms with E-state index in [0.717, 1.165) is 11.3 Å². The Bertz CT molecular complexity index is 947. The zero-order valence-corrected chi connectivity index (χ0v) is 16.3. The Balaban J connectivity index is 2.17. The Kier molecular flexibility index (Phi) is 7.33. The molecule has 1 heterocycles. The fourth-order valence-corrected chi connectivity index (χ4v) is 3.89. The fourth-order valence-electron chi connectivity index (χ4n) is 2.13. The van der Waals surface area contributed by atoms with Gasteiger partial charge in [0.25, 0.3) is 5.69 Å². The zero-order valence-electron chi connectivity index (χ0n) is 14.6. The van der Waals surface area contributed by atoms with Crippen LogP contribution in [0.1, 0.15) is 6.92 Å². The Labute approximate surface area is 164 Å². The standard InChI is InChI=1S/C14H17N5O7S2/c1-2-26-12(20)9-15-7-8-18(28(23,24)25)14-17-16-13(27-14)10-5-3-4-6-11(10)19(21)22/h3-6,15H,2,7-9H2,1H3,(H,23,24,25). The van der Waals surface area contributed by atoms with Crippen LogP contribution in [-0.2, 0) is 19.8 Å². The van der Waals surface area contributed by atoms with Gasteiger partial charge in [-0.15, -0.1) is 10.2 Å². The molecule has 12 nitrogen and oxygen atoms in total. The molecule has 0 aliphatic carbocycles. The molecule has 2 aromatic rings. The summed E-state index contributed by atoms with van der Waals surface area (Å²) in [6, 6.07) is 5.81. The van der Waals surface area contributed by atoms with Gasteiger partial charge in [0.05, 0.1) is 30.2 Å². The summed E-state index contributed by atoms with van der Waals surface area (Å²) in [5.74, 6) is -0.504. The van der Waals surface area contributed by atoms with Crippen LogP contribution in [0.2, 0.25) is 0 Å². The molecule has 0 aliphatic heterocycles. The van der Waals surface area contributed by atoms with Crippen LogP contribution in [0, 0.1) is 10.1 Å². The number of anilines is 1. The highest BCUT2D eigenvalue weighted by Crippen LogP contribution is 2.34. The minimum atomic E-state index is -4.67. The van der Waals surface area contributed by atoms with E-state index in [-0.39, 0.29) is 47.6 Å². The van der Waals surface area contributed by atoms with Crippen molar-refractivity contribution in [2.75, 3.05) is 30.5 Å². The molecule has 14 heteroatoms. The smallest absolute Gasteiger partial charge is 0.361 e. The van der Waals surface area contributed by atoms with Crippen molar-refractivity contribution in [1.29, 1.82) is 0 Å². The van der Waals surface area contributed by atoms with Crippen molar-refractivity contribution in [3.05, 3.63) is 34.4 Å². The normalized spacial score (nSPS) is 11.2. The number of rotatable bonds is 10. The predicted molar refractivity (Wildman–Crippen MR) is 100 cm³/mol. The van der Waals surface area contributed by atoms with E-state index in [1.807, 2.05) is 0 Å². The van der Waals surface area contributed by atoms with E-state index >= 15 is 0 Å². The van der Waals surface area contributed by atoms with Crippen LogP contribution < -0.4 is 9.62 Å². The lowest BCUT2D eigenvalue weighted by Crippen LogP contribution is -2.38. The van der Waals surface area contributed by atoms with Crippen LogP contribution >= 0.6 is 11.3 Å². The molecule has 0 unspecified atom stereocenters. The van der Waals surface area contributed by atoms with Gasteiger partial charge in [0.15, 0.2) is 5.01 Å². The van der Waals surface area contributed by atoms with Crippen LogP contribution in [-0.4, -0.2) is 60.3 Å². The second kappa shape index (κ2) is 9.50. The predicted octanol–water partition coefficient (Wildman–Crippen LogP) is 0.875.